The van der Waals surface area contributed by atoms with E-state index in [-0.39, 0.29) is 0 Å². The number of hydrogen-bond donors (Lipinski definition) is 1. The van der Waals surface area contributed by atoms with Gasteiger partial charge >= 0.3 is 0 Å². The Morgan fingerprint density at radius 1 is 1.75 bits per heavy atom. The lowest BCUT2D eigenvalue weighted by atomic mass is 10.2. The summed E-state index contributed by atoms with van der Waals surface area (Å²) in [6, 6.07) is 0. The first-order chi connectivity index (χ1) is 3.93. The van der Waals surface area contributed by atoms with Crippen LogP contribution in [0, 0.1) is 0 Å². The molecule has 1 aliphatic heterocycles. The molecule has 1 heterocycles. The van der Waals surface area contributed by atoms with Crippen molar-refractivity contribution >= 4 is 11.9 Å². The Bertz CT molecular complexity index is 155. The van der Waals surface area contributed by atoms with E-state index >= 15 is 0 Å². The Hall–Kier alpha value is -1.12. The molecule has 2 N–H and O–H groups in total. The van der Waals surface area contributed by atoms with Crippen LogP contribution in [0.2, 0.25) is 0 Å². The zero-order valence-corrected chi connectivity index (χ0v) is 4.41. The van der Waals surface area contributed by atoms with E-state index in [0.29, 0.717) is 0 Å². The molecule has 3 nitrogen and oxygen atoms in total. The Labute approximate surface area is 47.6 Å². The van der Waals surface area contributed by atoms with Crippen molar-refractivity contribution in [3.8, 4) is 0 Å². The van der Waals surface area contributed by atoms with Gasteiger partial charge in [0.05, 0.1) is 5.71 Å². The van der Waals surface area contributed by atoms with Crippen LogP contribution >= 0.6 is 0 Å². The molecule has 0 spiro atoms. The summed E-state index contributed by atoms with van der Waals surface area (Å²) >= 11 is 0. The van der Waals surface area contributed by atoms with Crippen LogP contribution in [0.1, 0.15) is 6.42 Å². The van der Waals surface area contributed by atoms with Crippen LogP contribution in [0.4, 0.5) is 0 Å². The highest BCUT2D eigenvalue weighted by molar-refractivity contribution is 6.04. The fraction of sp³-hybridized carbons (Fsp3) is 0.200. The summed E-state index contributed by atoms with van der Waals surface area (Å²) in [6.45, 7) is 0. The van der Waals surface area contributed by atoms with Gasteiger partial charge < -0.3 is 5.84 Å². The standard InChI is InChI=1S/C5H7N3/c6-8-5-1-3-7-4-2-5/h1,3-4H,2,6H2. The quantitative estimate of drug-likeness (QED) is 0.352. The lowest BCUT2D eigenvalue weighted by Crippen LogP contribution is -2.00. The molecule has 0 amide bonds. The Morgan fingerprint density at radius 3 is 3.00 bits per heavy atom. The minimum Gasteiger partial charge on any atom is -0.323 e. The van der Waals surface area contributed by atoms with E-state index in [0.717, 1.165) is 12.1 Å². The van der Waals surface area contributed by atoms with Crippen LogP contribution in [0.15, 0.2) is 22.4 Å². The third kappa shape index (κ3) is 0.932. The molecular weight excluding hydrogens is 102 g/mol. The van der Waals surface area contributed by atoms with E-state index in [1.54, 1.807) is 18.5 Å². The van der Waals surface area contributed by atoms with Crippen LogP contribution in [0.5, 0.6) is 0 Å². The maximum Gasteiger partial charge on any atom is 0.0669 e. The first-order valence-electron chi connectivity index (χ1n) is 2.38. The number of hydrazone groups is 1. The monoisotopic (exact) mass is 109 g/mol. The Kier molecular flexibility index (Phi) is 1.42. The lowest BCUT2D eigenvalue weighted by Gasteiger charge is -1.94. The maximum absolute atomic E-state index is 4.98. The molecule has 0 fully saturated rings. The number of nitrogens with two attached hydrogens (primary N) is 1. The number of hydrogen-bond acceptors (Lipinski definition) is 3. The van der Waals surface area contributed by atoms with Crippen molar-refractivity contribution in [1.82, 2.24) is 0 Å². The van der Waals surface area contributed by atoms with E-state index < -0.39 is 0 Å². The molecule has 1 rings (SSSR count). The molecule has 0 unspecified atom stereocenters. The number of aliphatic imine (C=N–C) groups is 1. The third-order valence-electron chi connectivity index (χ3n) is 0.925. The van der Waals surface area contributed by atoms with Crippen LogP contribution < -0.4 is 5.84 Å². The van der Waals surface area contributed by atoms with Gasteiger partial charge in [-0.2, -0.15) is 5.10 Å². The molecule has 1 aliphatic rings. The SMILES string of the molecule is NN=C1C=CN=CC1. The van der Waals surface area contributed by atoms with Gasteiger partial charge in [-0.3, -0.25) is 4.99 Å². The van der Waals surface area contributed by atoms with Crippen LogP contribution in [-0.2, 0) is 0 Å². The van der Waals surface area contributed by atoms with Gasteiger partial charge in [-0.15, -0.1) is 0 Å². The van der Waals surface area contributed by atoms with E-state index in [1.165, 1.54) is 0 Å². The summed E-state index contributed by atoms with van der Waals surface area (Å²) < 4.78 is 0. The van der Waals surface area contributed by atoms with Gasteiger partial charge in [0.2, 0.25) is 0 Å². The fourth-order valence-corrected chi connectivity index (χ4v) is 0.500. The van der Waals surface area contributed by atoms with Gasteiger partial charge in [0, 0.05) is 18.8 Å². The van der Waals surface area contributed by atoms with Crippen LogP contribution in [0.25, 0.3) is 0 Å². The highest BCUT2D eigenvalue weighted by Gasteiger charge is 1.92. The summed E-state index contributed by atoms with van der Waals surface area (Å²) in [6.07, 6.45) is 5.99. The largest absolute Gasteiger partial charge is 0.323 e. The van der Waals surface area contributed by atoms with Crippen molar-refractivity contribution in [1.29, 1.82) is 0 Å². The average Bonchev–Trinajstić information content (AvgIpc) is 1.90. The second-order valence-corrected chi connectivity index (χ2v) is 1.47. The summed E-state index contributed by atoms with van der Waals surface area (Å²) in [7, 11) is 0. The lowest BCUT2D eigenvalue weighted by molar-refractivity contribution is 1.23. The van der Waals surface area contributed by atoms with Crippen molar-refractivity contribution in [3.05, 3.63) is 12.3 Å². The molecule has 0 saturated carbocycles. The molecule has 0 aliphatic carbocycles. The minimum atomic E-state index is 0.757. The molecule has 0 aromatic rings. The van der Waals surface area contributed by atoms with Crippen LogP contribution in [0.3, 0.4) is 0 Å². The zero-order valence-electron chi connectivity index (χ0n) is 4.41. The molecule has 0 atom stereocenters. The van der Waals surface area contributed by atoms with Crippen molar-refractivity contribution < 1.29 is 0 Å². The minimum absolute atomic E-state index is 0.757. The molecule has 0 aromatic carbocycles. The normalized spacial score (nSPS) is 22.2. The molecule has 0 radical (unpaired) electrons. The number of nitrogens with zero attached hydrogens (tertiary/aromatic N) is 2. The molecule has 3 heteroatoms. The van der Waals surface area contributed by atoms with Gasteiger partial charge in [-0.25, -0.2) is 0 Å². The molecule has 0 saturated heterocycles. The van der Waals surface area contributed by atoms with E-state index in [1.807, 2.05) is 0 Å². The van der Waals surface area contributed by atoms with Crippen LogP contribution in [-0.4, -0.2) is 11.9 Å². The van der Waals surface area contributed by atoms with Crippen molar-refractivity contribution in [2.45, 2.75) is 6.42 Å². The summed E-state index contributed by atoms with van der Waals surface area (Å²) in [5.41, 5.74) is 0.875. The topological polar surface area (TPSA) is 50.7 Å². The van der Waals surface area contributed by atoms with E-state index in [2.05, 4.69) is 10.1 Å². The number of rotatable bonds is 0. The Morgan fingerprint density at radius 2 is 2.62 bits per heavy atom. The second-order valence-electron chi connectivity index (χ2n) is 1.47. The third-order valence-corrected chi connectivity index (χ3v) is 0.925. The van der Waals surface area contributed by atoms with Gasteiger partial charge in [-0.05, 0) is 6.08 Å². The predicted molar refractivity (Wildman–Crippen MR) is 33.9 cm³/mol. The molecule has 0 aromatic heterocycles. The molecule has 0 bridgehead atoms. The maximum atomic E-state index is 4.98. The zero-order chi connectivity index (χ0) is 5.82. The van der Waals surface area contributed by atoms with Crippen molar-refractivity contribution in [2.24, 2.45) is 15.9 Å². The summed E-state index contributed by atoms with van der Waals surface area (Å²) in [4.78, 5) is 3.83. The highest BCUT2D eigenvalue weighted by atomic mass is 15.1. The van der Waals surface area contributed by atoms with Gasteiger partial charge in [0.1, 0.15) is 0 Å². The fourth-order valence-electron chi connectivity index (χ4n) is 0.500. The average molecular weight is 109 g/mol. The van der Waals surface area contributed by atoms with Crippen molar-refractivity contribution in [2.75, 3.05) is 0 Å². The predicted octanol–water partition coefficient (Wildman–Crippen LogP) is 0.289. The van der Waals surface area contributed by atoms with Gasteiger partial charge in [0.25, 0.3) is 0 Å². The Balaban J connectivity index is 2.66. The highest BCUT2D eigenvalue weighted by Crippen LogP contribution is 1.91. The van der Waals surface area contributed by atoms with E-state index in [9.17, 15) is 0 Å². The first-order valence-corrected chi connectivity index (χ1v) is 2.38. The molecule has 42 valence electrons. The van der Waals surface area contributed by atoms with Gasteiger partial charge in [-0.1, -0.05) is 0 Å². The molecule has 8 heavy (non-hydrogen) atoms. The summed E-state index contributed by atoms with van der Waals surface area (Å²) in [5, 5.41) is 3.49. The summed E-state index contributed by atoms with van der Waals surface area (Å²) in [5.74, 6) is 4.98. The smallest absolute Gasteiger partial charge is 0.0669 e. The number of allylic oxidation sites excluding steroid dienone is 1. The van der Waals surface area contributed by atoms with E-state index in [4.69, 9.17) is 5.84 Å². The van der Waals surface area contributed by atoms with Gasteiger partial charge in [0.15, 0.2) is 0 Å². The second kappa shape index (κ2) is 2.26. The first kappa shape index (κ1) is 5.03. The molecular formula is C5H7N3. The van der Waals surface area contributed by atoms with Crippen molar-refractivity contribution in [3.63, 3.8) is 0 Å².